The average molecular weight is 205 g/mol. The summed E-state index contributed by atoms with van der Waals surface area (Å²) in [6.45, 7) is 8.42. The Morgan fingerprint density at radius 2 is 1.79 bits per heavy atom. The molecule has 0 aliphatic heterocycles. The van der Waals surface area contributed by atoms with Crippen molar-refractivity contribution in [1.29, 1.82) is 0 Å². The fourth-order valence-corrected chi connectivity index (χ4v) is 1.12. The monoisotopic (exact) mass is 205 g/mol. The van der Waals surface area contributed by atoms with Gasteiger partial charge in [-0.1, -0.05) is 0 Å². The van der Waals surface area contributed by atoms with Gasteiger partial charge in [-0.15, -0.1) is 0 Å². The van der Waals surface area contributed by atoms with E-state index in [9.17, 15) is 0 Å². The summed E-state index contributed by atoms with van der Waals surface area (Å²) in [5.41, 5.74) is 0. The number of aliphatic hydroxyl groups is 1. The van der Waals surface area contributed by atoms with Gasteiger partial charge in [-0.3, -0.25) is 0 Å². The highest BCUT2D eigenvalue weighted by atomic mass is 16.7. The third-order valence-corrected chi connectivity index (χ3v) is 1.70. The van der Waals surface area contributed by atoms with Crippen LogP contribution >= 0.6 is 0 Å². The van der Waals surface area contributed by atoms with E-state index in [2.05, 4.69) is 5.32 Å². The van der Waals surface area contributed by atoms with Gasteiger partial charge in [-0.25, -0.2) is 0 Å². The van der Waals surface area contributed by atoms with Crippen LogP contribution in [-0.4, -0.2) is 43.8 Å². The van der Waals surface area contributed by atoms with Crippen LogP contribution in [-0.2, 0) is 9.47 Å². The van der Waals surface area contributed by atoms with E-state index in [0.29, 0.717) is 19.8 Å². The van der Waals surface area contributed by atoms with E-state index in [1.165, 1.54) is 0 Å². The highest BCUT2D eigenvalue weighted by Crippen LogP contribution is 1.99. The van der Waals surface area contributed by atoms with Crippen LogP contribution in [0.1, 0.15) is 27.2 Å². The number of hydrogen-bond donors (Lipinski definition) is 2. The molecule has 4 heteroatoms. The third-order valence-electron chi connectivity index (χ3n) is 1.70. The topological polar surface area (TPSA) is 50.7 Å². The lowest BCUT2D eigenvalue weighted by atomic mass is 10.3. The minimum Gasteiger partial charge on any atom is -0.392 e. The molecule has 0 bridgehead atoms. The van der Waals surface area contributed by atoms with E-state index < -0.39 is 0 Å². The third kappa shape index (κ3) is 8.44. The minimum atomic E-state index is -0.298. The zero-order chi connectivity index (χ0) is 10.8. The zero-order valence-electron chi connectivity index (χ0n) is 9.45. The van der Waals surface area contributed by atoms with Crippen molar-refractivity contribution in [2.24, 2.45) is 0 Å². The summed E-state index contributed by atoms with van der Waals surface area (Å²) >= 11 is 0. The van der Waals surface area contributed by atoms with Crippen LogP contribution in [0.5, 0.6) is 0 Å². The fraction of sp³-hybridized carbons (Fsp3) is 1.00. The van der Waals surface area contributed by atoms with Crippen molar-refractivity contribution in [2.45, 2.75) is 39.6 Å². The first kappa shape index (κ1) is 13.8. The molecule has 0 aromatic carbocycles. The maximum absolute atomic E-state index is 9.00. The molecule has 86 valence electrons. The van der Waals surface area contributed by atoms with E-state index in [0.717, 1.165) is 13.0 Å². The van der Waals surface area contributed by atoms with Crippen molar-refractivity contribution in [1.82, 2.24) is 5.32 Å². The van der Waals surface area contributed by atoms with E-state index in [4.69, 9.17) is 14.6 Å². The van der Waals surface area contributed by atoms with Crippen LogP contribution in [0.15, 0.2) is 0 Å². The van der Waals surface area contributed by atoms with Gasteiger partial charge in [0.2, 0.25) is 0 Å². The van der Waals surface area contributed by atoms with Gasteiger partial charge in [-0.05, 0) is 20.8 Å². The number of nitrogens with one attached hydrogen (secondary N) is 1. The number of rotatable bonds is 9. The molecule has 1 atom stereocenters. The van der Waals surface area contributed by atoms with Gasteiger partial charge in [0.1, 0.15) is 0 Å². The molecule has 0 fully saturated rings. The molecule has 0 spiro atoms. The molecule has 2 N–H and O–H groups in total. The molecule has 0 saturated carbocycles. The Bertz CT molecular complexity index is 114. The van der Waals surface area contributed by atoms with Crippen molar-refractivity contribution in [3.05, 3.63) is 0 Å². The second-order valence-corrected chi connectivity index (χ2v) is 3.18. The van der Waals surface area contributed by atoms with Crippen LogP contribution < -0.4 is 5.32 Å². The van der Waals surface area contributed by atoms with Crippen molar-refractivity contribution in [3.63, 3.8) is 0 Å². The van der Waals surface area contributed by atoms with E-state index in [-0.39, 0.29) is 12.4 Å². The molecule has 0 rings (SSSR count). The molecular formula is C10H23NO3. The summed E-state index contributed by atoms with van der Waals surface area (Å²) < 4.78 is 10.7. The molecular weight excluding hydrogens is 182 g/mol. The number of ether oxygens (including phenoxy) is 2. The molecule has 0 aliphatic carbocycles. The Balaban J connectivity index is 3.40. The summed E-state index contributed by atoms with van der Waals surface area (Å²) in [6, 6.07) is 0. The van der Waals surface area contributed by atoms with Crippen LogP contribution in [0.2, 0.25) is 0 Å². The summed E-state index contributed by atoms with van der Waals surface area (Å²) in [4.78, 5) is 0. The predicted molar refractivity (Wildman–Crippen MR) is 56.2 cm³/mol. The molecule has 0 aromatic heterocycles. The van der Waals surface area contributed by atoms with Crippen molar-refractivity contribution >= 4 is 0 Å². The highest BCUT2D eigenvalue weighted by molar-refractivity contribution is 4.54. The molecule has 0 radical (unpaired) electrons. The molecule has 0 saturated heterocycles. The molecule has 1 unspecified atom stereocenters. The van der Waals surface area contributed by atoms with Crippen molar-refractivity contribution < 1.29 is 14.6 Å². The van der Waals surface area contributed by atoms with Gasteiger partial charge in [-0.2, -0.15) is 0 Å². The Labute approximate surface area is 86.6 Å². The fourth-order valence-electron chi connectivity index (χ4n) is 1.12. The van der Waals surface area contributed by atoms with Crippen molar-refractivity contribution in [3.8, 4) is 0 Å². The minimum absolute atomic E-state index is 0.119. The van der Waals surface area contributed by atoms with Gasteiger partial charge in [0.25, 0.3) is 0 Å². The molecule has 0 aromatic rings. The summed E-state index contributed by atoms with van der Waals surface area (Å²) in [5.74, 6) is 0. The van der Waals surface area contributed by atoms with Crippen molar-refractivity contribution in [2.75, 3.05) is 26.3 Å². The molecule has 0 amide bonds. The van der Waals surface area contributed by atoms with Crippen LogP contribution in [0.3, 0.4) is 0 Å². The van der Waals surface area contributed by atoms with Gasteiger partial charge in [0, 0.05) is 32.7 Å². The first-order chi connectivity index (χ1) is 6.70. The predicted octanol–water partition coefficient (Wildman–Crippen LogP) is 0.746. The molecule has 14 heavy (non-hydrogen) atoms. The van der Waals surface area contributed by atoms with Gasteiger partial charge in [0.05, 0.1) is 6.10 Å². The quantitative estimate of drug-likeness (QED) is 0.431. The highest BCUT2D eigenvalue weighted by Gasteiger charge is 2.06. The maximum atomic E-state index is 9.00. The van der Waals surface area contributed by atoms with Crippen LogP contribution in [0.25, 0.3) is 0 Å². The lowest BCUT2D eigenvalue weighted by molar-refractivity contribution is -0.138. The van der Waals surface area contributed by atoms with Gasteiger partial charge in [0.15, 0.2) is 6.29 Å². The summed E-state index contributed by atoms with van der Waals surface area (Å²) in [5, 5.41) is 12.1. The number of hydrogen-bond acceptors (Lipinski definition) is 4. The maximum Gasteiger partial charge on any atom is 0.158 e. The van der Waals surface area contributed by atoms with E-state index in [1.54, 1.807) is 6.92 Å². The average Bonchev–Trinajstić information content (AvgIpc) is 2.12. The molecule has 0 aliphatic rings. The van der Waals surface area contributed by atoms with Crippen LogP contribution in [0, 0.1) is 0 Å². The Kier molecular flexibility index (Phi) is 9.29. The lowest BCUT2D eigenvalue weighted by Crippen LogP contribution is -2.29. The van der Waals surface area contributed by atoms with Gasteiger partial charge < -0.3 is 19.9 Å². The summed E-state index contributed by atoms with van der Waals surface area (Å²) in [6.07, 6.45) is 0.396. The SMILES string of the molecule is CCOC(CCNCC(C)O)OCC. The smallest absolute Gasteiger partial charge is 0.158 e. The second kappa shape index (κ2) is 9.40. The Morgan fingerprint density at radius 3 is 2.21 bits per heavy atom. The molecule has 4 nitrogen and oxygen atoms in total. The van der Waals surface area contributed by atoms with E-state index in [1.807, 2.05) is 13.8 Å². The normalized spacial score (nSPS) is 13.5. The standard InChI is InChI=1S/C10H23NO3/c1-4-13-10(14-5-2)6-7-11-8-9(3)12/h9-12H,4-8H2,1-3H3. The van der Waals surface area contributed by atoms with Gasteiger partial charge >= 0.3 is 0 Å². The Morgan fingerprint density at radius 1 is 1.21 bits per heavy atom. The van der Waals surface area contributed by atoms with E-state index >= 15 is 0 Å². The summed E-state index contributed by atoms with van der Waals surface area (Å²) in [7, 11) is 0. The lowest BCUT2D eigenvalue weighted by Gasteiger charge is -2.17. The first-order valence-corrected chi connectivity index (χ1v) is 5.32. The number of aliphatic hydroxyl groups excluding tert-OH is 1. The largest absolute Gasteiger partial charge is 0.392 e. The second-order valence-electron chi connectivity index (χ2n) is 3.18. The first-order valence-electron chi connectivity index (χ1n) is 5.32. The van der Waals surface area contributed by atoms with Crippen LogP contribution in [0.4, 0.5) is 0 Å². The molecule has 0 heterocycles. The zero-order valence-corrected chi connectivity index (χ0v) is 9.45. The Hall–Kier alpha value is -0.160.